The average Bonchev–Trinajstić information content (AvgIpc) is 2.48. The van der Waals surface area contributed by atoms with Gasteiger partial charge in [0.2, 0.25) is 0 Å². The van der Waals surface area contributed by atoms with Crippen LogP contribution in [0.5, 0.6) is 0 Å². The van der Waals surface area contributed by atoms with Gasteiger partial charge in [0, 0.05) is 10.5 Å². The fraction of sp³-hybridized carbons (Fsp3) is 0.0714. The van der Waals surface area contributed by atoms with E-state index in [4.69, 9.17) is 0 Å². The van der Waals surface area contributed by atoms with E-state index in [2.05, 4.69) is 26.5 Å². The minimum absolute atomic E-state index is 0.128. The summed E-state index contributed by atoms with van der Waals surface area (Å²) in [5, 5.41) is 14.7. The van der Waals surface area contributed by atoms with Crippen molar-refractivity contribution in [3.05, 3.63) is 68.2 Å². The number of benzene rings is 2. The van der Waals surface area contributed by atoms with Crippen molar-refractivity contribution < 1.29 is 18.1 Å². The second-order valence-electron chi connectivity index (χ2n) is 4.41. The first-order chi connectivity index (χ1) is 10.8. The number of anilines is 1. The lowest BCUT2D eigenvalue weighted by molar-refractivity contribution is -0.384. The molecule has 0 aliphatic carbocycles. The number of nitro groups is 1. The van der Waals surface area contributed by atoms with Crippen molar-refractivity contribution in [2.75, 3.05) is 5.43 Å². The van der Waals surface area contributed by atoms with Gasteiger partial charge in [-0.05, 0) is 29.8 Å². The predicted molar refractivity (Wildman–Crippen MR) is 83.5 cm³/mol. The number of rotatable bonds is 4. The van der Waals surface area contributed by atoms with Crippen LogP contribution in [0, 0.1) is 10.1 Å². The van der Waals surface area contributed by atoms with E-state index in [1.807, 2.05) is 0 Å². The van der Waals surface area contributed by atoms with E-state index in [9.17, 15) is 23.3 Å². The number of hydrazone groups is 1. The largest absolute Gasteiger partial charge is 0.416 e. The Balaban J connectivity index is 2.22. The molecule has 0 unspecified atom stereocenters. The molecule has 0 saturated heterocycles. The topological polar surface area (TPSA) is 67.5 Å². The first-order valence-electron chi connectivity index (χ1n) is 6.17. The normalized spacial score (nSPS) is 11.7. The Morgan fingerprint density at radius 1 is 1.17 bits per heavy atom. The number of hydrogen-bond acceptors (Lipinski definition) is 4. The van der Waals surface area contributed by atoms with Crippen molar-refractivity contribution in [3.63, 3.8) is 0 Å². The third-order valence-electron chi connectivity index (χ3n) is 2.79. The maximum atomic E-state index is 12.6. The molecule has 2 rings (SSSR count). The highest BCUT2D eigenvalue weighted by atomic mass is 79.9. The summed E-state index contributed by atoms with van der Waals surface area (Å²) in [6, 6.07) is 9.25. The van der Waals surface area contributed by atoms with Gasteiger partial charge in [-0.3, -0.25) is 15.5 Å². The number of alkyl halides is 3. The summed E-state index contributed by atoms with van der Waals surface area (Å²) in [5.41, 5.74) is 1.18. The molecule has 0 amide bonds. The minimum Gasteiger partial charge on any atom is -0.272 e. The summed E-state index contributed by atoms with van der Waals surface area (Å²) in [5.74, 6) is 0. The van der Waals surface area contributed by atoms with Crippen LogP contribution in [0.4, 0.5) is 24.5 Å². The van der Waals surface area contributed by atoms with Crippen molar-refractivity contribution in [3.8, 4) is 0 Å². The van der Waals surface area contributed by atoms with Crippen molar-refractivity contribution in [1.29, 1.82) is 0 Å². The minimum atomic E-state index is -4.65. The van der Waals surface area contributed by atoms with Crippen molar-refractivity contribution >= 4 is 33.5 Å². The molecule has 0 radical (unpaired) electrons. The second kappa shape index (κ2) is 6.78. The number of nitrogens with zero attached hydrogens (tertiary/aromatic N) is 2. The maximum Gasteiger partial charge on any atom is 0.416 e. The van der Waals surface area contributed by atoms with E-state index in [1.54, 1.807) is 24.3 Å². The summed E-state index contributed by atoms with van der Waals surface area (Å²) < 4.78 is 38.7. The van der Waals surface area contributed by atoms with Gasteiger partial charge in [0.15, 0.2) is 0 Å². The van der Waals surface area contributed by atoms with Crippen LogP contribution in [-0.2, 0) is 6.18 Å². The highest BCUT2D eigenvalue weighted by Gasteiger charge is 2.33. The summed E-state index contributed by atoms with van der Waals surface area (Å²) >= 11 is 3.27. The second-order valence-corrected chi connectivity index (χ2v) is 5.32. The number of nitrogens with one attached hydrogen (secondary N) is 1. The summed E-state index contributed by atoms with van der Waals surface area (Å²) in [6.45, 7) is 0. The molecule has 0 fully saturated rings. The molecule has 9 heteroatoms. The molecule has 0 heterocycles. The smallest absolute Gasteiger partial charge is 0.272 e. The molecule has 0 atom stereocenters. The first kappa shape index (κ1) is 16.9. The summed E-state index contributed by atoms with van der Waals surface area (Å²) in [7, 11) is 0. The molecule has 0 aliphatic rings. The molecular formula is C14H9BrF3N3O2. The van der Waals surface area contributed by atoms with Gasteiger partial charge in [0.25, 0.3) is 5.69 Å². The number of hydrogen-bond donors (Lipinski definition) is 1. The Morgan fingerprint density at radius 2 is 1.83 bits per heavy atom. The fourth-order valence-corrected chi connectivity index (χ4v) is 1.94. The molecule has 0 saturated carbocycles. The lowest BCUT2D eigenvalue weighted by Gasteiger charge is -2.08. The van der Waals surface area contributed by atoms with Crippen LogP contribution in [0.3, 0.4) is 0 Å². The van der Waals surface area contributed by atoms with Crippen molar-refractivity contribution in [1.82, 2.24) is 0 Å². The Morgan fingerprint density at radius 3 is 2.39 bits per heavy atom. The van der Waals surface area contributed by atoms with Crippen LogP contribution < -0.4 is 5.43 Å². The molecule has 0 aliphatic heterocycles. The molecule has 2 aromatic carbocycles. The Bertz CT molecular complexity index is 746. The Labute approximate surface area is 137 Å². The van der Waals surface area contributed by atoms with Crippen LogP contribution in [-0.4, -0.2) is 11.1 Å². The monoisotopic (exact) mass is 387 g/mol. The quantitative estimate of drug-likeness (QED) is 0.464. The van der Waals surface area contributed by atoms with E-state index < -0.39 is 22.4 Å². The lowest BCUT2D eigenvalue weighted by atomic mass is 10.1. The van der Waals surface area contributed by atoms with Gasteiger partial charge in [-0.15, -0.1) is 0 Å². The highest BCUT2D eigenvalue weighted by molar-refractivity contribution is 9.10. The Hall–Kier alpha value is -2.42. The fourth-order valence-electron chi connectivity index (χ4n) is 1.68. The van der Waals surface area contributed by atoms with Gasteiger partial charge in [-0.25, -0.2) is 0 Å². The number of nitro benzene ring substituents is 1. The van der Waals surface area contributed by atoms with Gasteiger partial charge in [0.1, 0.15) is 5.69 Å². The zero-order chi connectivity index (χ0) is 17.0. The molecule has 1 N–H and O–H groups in total. The van der Waals surface area contributed by atoms with E-state index in [0.29, 0.717) is 6.07 Å². The van der Waals surface area contributed by atoms with Crippen LogP contribution in [0.15, 0.2) is 52.0 Å². The van der Waals surface area contributed by atoms with E-state index >= 15 is 0 Å². The van der Waals surface area contributed by atoms with Gasteiger partial charge in [-0.2, -0.15) is 18.3 Å². The lowest BCUT2D eigenvalue weighted by Crippen LogP contribution is -2.06. The summed E-state index contributed by atoms with van der Waals surface area (Å²) in [4.78, 5) is 10.0. The average molecular weight is 388 g/mol. The molecule has 23 heavy (non-hydrogen) atoms. The zero-order valence-electron chi connectivity index (χ0n) is 11.3. The van der Waals surface area contributed by atoms with E-state index in [1.165, 1.54) is 6.21 Å². The van der Waals surface area contributed by atoms with Crippen LogP contribution >= 0.6 is 15.9 Å². The summed E-state index contributed by atoms with van der Waals surface area (Å²) in [6.07, 6.45) is -3.25. The predicted octanol–water partition coefficient (Wildman–Crippen LogP) is 4.82. The Kier molecular flexibility index (Phi) is 4.99. The molecule has 120 valence electrons. The molecule has 2 aromatic rings. The molecular weight excluding hydrogens is 379 g/mol. The first-order valence-corrected chi connectivity index (χ1v) is 6.97. The molecule has 5 nitrogen and oxygen atoms in total. The molecule has 0 bridgehead atoms. The van der Waals surface area contributed by atoms with Gasteiger partial charge in [0.05, 0.1) is 16.7 Å². The molecule has 0 spiro atoms. The van der Waals surface area contributed by atoms with Crippen LogP contribution in [0.25, 0.3) is 0 Å². The molecule has 0 aromatic heterocycles. The van der Waals surface area contributed by atoms with Crippen LogP contribution in [0.2, 0.25) is 0 Å². The maximum absolute atomic E-state index is 12.6. The van der Waals surface area contributed by atoms with Gasteiger partial charge < -0.3 is 0 Å². The van der Waals surface area contributed by atoms with E-state index in [0.717, 1.165) is 22.2 Å². The number of halogens is 4. The zero-order valence-corrected chi connectivity index (χ0v) is 12.9. The van der Waals surface area contributed by atoms with Gasteiger partial charge >= 0.3 is 6.18 Å². The van der Waals surface area contributed by atoms with E-state index in [-0.39, 0.29) is 5.69 Å². The van der Waals surface area contributed by atoms with Crippen LogP contribution in [0.1, 0.15) is 11.1 Å². The van der Waals surface area contributed by atoms with Crippen molar-refractivity contribution in [2.45, 2.75) is 6.18 Å². The standard InChI is InChI=1S/C14H9BrF3N3O2/c15-11-4-1-9(2-5-11)8-19-20-12-6-3-10(14(16,17)18)7-13(12)21(22)23/h1-8,20H. The third kappa shape index (κ3) is 4.52. The SMILES string of the molecule is O=[N+]([O-])c1cc(C(F)(F)F)ccc1NN=Cc1ccc(Br)cc1. The van der Waals surface area contributed by atoms with Crippen molar-refractivity contribution in [2.24, 2.45) is 5.10 Å². The van der Waals surface area contributed by atoms with Gasteiger partial charge in [-0.1, -0.05) is 28.1 Å². The highest BCUT2D eigenvalue weighted by Crippen LogP contribution is 2.34. The third-order valence-corrected chi connectivity index (χ3v) is 3.32.